The summed E-state index contributed by atoms with van der Waals surface area (Å²) in [6.45, 7) is 2.85. The zero-order valence-electron chi connectivity index (χ0n) is 9.33. The number of hydrogen-bond donors (Lipinski definition) is 0. The van der Waals surface area contributed by atoms with Crippen LogP contribution in [0, 0.1) is 5.82 Å². The minimum Gasteiger partial charge on any atom is -0.374 e. The average Bonchev–Trinajstić information content (AvgIpc) is 2.33. The number of hydrogen-bond acceptors (Lipinski definition) is 2. The summed E-state index contributed by atoms with van der Waals surface area (Å²) in [4.78, 5) is 2.17. The molecule has 94 valence electrons. The van der Waals surface area contributed by atoms with E-state index in [0.717, 1.165) is 17.6 Å². The Hall–Kier alpha value is -0.160. The molecule has 0 aromatic heterocycles. The highest BCUT2D eigenvalue weighted by Gasteiger charge is 2.20. The van der Waals surface area contributed by atoms with Gasteiger partial charge >= 0.3 is 0 Å². The minimum atomic E-state index is -0.173. The predicted molar refractivity (Wildman–Crippen MR) is 69.8 cm³/mol. The lowest BCUT2D eigenvalue weighted by Crippen LogP contribution is -2.42. The lowest BCUT2D eigenvalue weighted by molar-refractivity contribution is -0.0197. The fourth-order valence-electron chi connectivity index (χ4n) is 1.91. The Morgan fingerprint density at radius 3 is 3.06 bits per heavy atom. The first kappa shape index (κ1) is 13.3. The van der Waals surface area contributed by atoms with E-state index in [1.807, 2.05) is 12.1 Å². The Kier molecular flexibility index (Phi) is 4.79. The third-order valence-electron chi connectivity index (χ3n) is 2.80. The van der Waals surface area contributed by atoms with E-state index >= 15 is 0 Å². The maximum Gasteiger partial charge on any atom is 0.128 e. The number of benzene rings is 1. The Bertz CT molecular complexity index is 391. The SMILES string of the molecule is Fc1cc(Br)ccc1CN1CCOC(CCl)C1. The molecule has 0 spiro atoms. The fraction of sp³-hybridized carbons (Fsp3) is 0.500. The molecule has 2 nitrogen and oxygen atoms in total. The molecule has 1 aliphatic heterocycles. The molecule has 0 radical (unpaired) electrons. The summed E-state index contributed by atoms with van der Waals surface area (Å²) in [5.41, 5.74) is 0.712. The van der Waals surface area contributed by atoms with Crippen LogP contribution in [0.25, 0.3) is 0 Å². The van der Waals surface area contributed by atoms with Crippen molar-refractivity contribution in [3.63, 3.8) is 0 Å². The van der Waals surface area contributed by atoms with E-state index in [1.54, 1.807) is 0 Å². The van der Waals surface area contributed by atoms with Gasteiger partial charge in [0.25, 0.3) is 0 Å². The van der Waals surface area contributed by atoms with Crippen LogP contribution >= 0.6 is 27.5 Å². The highest BCUT2D eigenvalue weighted by molar-refractivity contribution is 9.10. The fourth-order valence-corrected chi connectivity index (χ4v) is 2.43. The summed E-state index contributed by atoms with van der Waals surface area (Å²) >= 11 is 9.02. The third kappa shape index (κ3) is 3.65. The lowest BCUT2D eigenvalue weighted by Gasteiger charge is -2.32. The molecule has 1 saturated heterocycles. The first-order valence-corrected chi connectivity index (χ1v) is 6.85. The Morgan fingerprint density at radius 1 is 1.53 bits per heavy atom. The molecule has 0 amide bonds. The van der Waals surface area contributed by atoms with Crippen molar-refractivity contribution >= 4 is 27.5 Å². The van der Waals surface area contributed by atoms with Crippen LogP contribution < -0.4 is 0 Å². The molecule has 0 aliphatic carbocycles. The van der Waals surface area contributed by atoms with Gasteiger partial charge in [0.2, 0.25) is 0 Å². The van der Waals surface area contributed by atoms with Crippen LogP contribution in [0.1, 0.15) is 5.56 Å². The second-order valence-electron chi connectivity index (χ2n) is 4.12. The van der Waals surface area contributed by atoms with Crippen molar-refractivity contribution in [3.05, 3.63) is 34.1 Å². The minimum absolute atomic E-state index is 0.0592. The van der Waals surface area contributed by atoms with Crippen LogP contribution in [0.3, 0.4) is 0 Å². The summed E-state index contributed by atoms with van der Waals surface area (Å²) in [5.74, 6) is 0.313. The van der Waals surface area contributed by atoms with Crippen molar-refractivity contribution in [2.24, 2.45) is 0 Å². The highest BCUT2D eigenvalue weighted by atomic mass is 79.9. The smallest absolute Gasteiger partial charge is 0.128 e. The number of morpholine rings is 1. The van der Waals surface area contributed by atoms with E-state index in [0.29, 0.717) is 24.6 Å². The van der Waals surface area contributed by atoms with Crippen molar-refractivity contribution in [2.75, 3.05) is 25.6 Å². The van der Waals surface area contributed by atoms with Gasteiger partial charge in [-0.2, -0.15) is 0 Å². The molecule has 17 heavy (non-hydrogen) atoms. The molecule has 1 heterocycles. The molecule has 0 N–H and O–H groups in total. The summed E-state index contributed by atoms with van der Waals surface area (Å²) in [6.07, 6.45) is 0.0592. The van der Waals surface area contributed by atoms with E-state index in [9.17, 15) is 4.39 Å². The van der Waals surface area contributed by atoms with Gasteiger partial charge in [-0.05, 0) is 12.1 Å². The molecule has 2 rings (SSSR count). The maximum absolute atomic E-state index is 13.7. The maximum atomic E-state index is 13.7. The Morgan fingerprint density at radius 2 is 2.35 bits per heavy atom. The first-order valence-electron chi connectivity index (χ1n) is 5.53. The quantitative estimate of drug-likeness (QED) is 0.793. The summed E-state index contributed by atoms with van der Waals surface area (Å²) < 4.78 is 19.9. The second-order valence-corrected chi connectivity index (χ2v) is 5.34. The molecule has 5 heteroatoms. The standard InChI is InChI=1S/C12H14BrClFNO/c13-10-2-1-9(12(15)5-10)7-16-3-4-17-11(6-14)8-16/h1-2,5,11H,3-4,6-8H2. The predicted octanol–water partition coefficient (Wildman–Crippen LogP) is 3.03. The second kappa shape index (κ2) is 6.14. The van der Waals surface area contributed by atoms with Gasteiger partial charge in [-0.3, -0.25) is 4.90 Å². The molecule has 1 unspecified atom stereocenters. The van der Waals surface area contributed by atoms with E-state index in [-0.39, 0.29) is 11.9 Å². The molecule has 0 bridgehead atoms. The van der Waals surface area contributed by atoms with Gasteiger partial charge in [0, 0.05) is 35.6 Å². The van der Waals surface area contributed by atoms with Gasteiger partial charge in [0.1, 0.15) is 5.82 Å². The van der Waals surface area contributed by atoms with Crippen LogP contribution in [0.2, 0.25) is 0 Å². The molecule has 1 aromatic carbocycles. The van der Waals surface area contributed by atoms with Crippen LogP contribution in [0.4, 0.5) is 4.39 Å². The van der Waals surface area contributed by atoms with Gasteiger partial charge in [0.15, 0.2) is 0 Å². The van der Waals surface area contributed by atoms with Crippen molar-refractivity contribution in [1.82, 2.24) is 4.90 Å². The molecule has 1 atom stereocenters. The molecule has 1 aliphatic rings. The summed E-state index contributed by atoms with van der Waals surface area (Å²) in [5, 5.41) is 0. The zero-order valence-corrected chi connectivity index (χ0v) is 11.7. The van der Waals surface area contributed by atoms with Crippen molar-refractivity contribution < 1.29 is 9.13 Å². The number of halogens is 3. The first-order chi connectivity index (χ1) is 8.19. The number of alkyl halides is 1. The van der Waals surface area contributed by atoms with Gasteiger partial charge in [0.05, 0.1) is 12.7 Å². The molecular weight excluding hydrogens is 308 g/mol. The number of nitrogens with zero attached hydrogens (tertiary/aromatic N) is 1. The largest absolute Gasteiger partial charge is 0.374 e. The van der Waals surface area contributed by atoms with E-state index in [1.165, 1.54) is 6.07 Å². The molecule has 1 fully saturated rings. The normalized spacial score (nSPS) is 21.7. The Balaban J connectivity index is 2.00. The summed E-state index contributed by atoms with van der Waals surface area (Å²) in [7, 11) is 0. The topological polar surface area (TPSA) is 12.5 Å². The van der Waals surface area contributed by atoms with Gasteiger partial charge in [-0.1, -0.05) is 22.0 Å². The van der Waals surface area contributed by atoms with Crippen molar-refractivity contribution in [3.8, 4) is 0 Å². The number of ether oxygens (including phenoxy) is 1. The van der Waals surface area contributed by atoms with Crippen molar-refractivity contribution in [1.29, 1.82) is 0 Å². The van der Waals surface area contributed by atoms with Gasteiger partial charge in [-0.25, -0.2) is 4.39 Å². The lowest BCUT2D eigenvalue weighted by atomic mass is 10.2. The monoisotopic (exact) mass is 321 g/mol. The van der Waals surface area contributed by atoms with Gasteiger partial charge < -0.3 is 4.74 Å². The molecular formula is C12H14BrClFNO. The number of rotatable bonds is 3. The molecule has 1 aromatic rings. The molecule has 0 saturated carbocycles. The summed E-state index contributed by atoms with van der Waals surface area (Å²) in [6, 6.07) is 5.16. The third-order valence-corrected chi connectivity index (χ3v) is 3.64. The van der Waals surface area contributed by atoms with Crippen LogP contribution in [-0.2, 0) is 11.3 Å². The average molecular weight is 323 g/mol. The van der Waals surface area contributed by atoms with Crippen molar-refractivity contribution in [2.45, 2.75) is 12.6 Å². The van der Waals surface area contributed by atoms with Crippen LogP contribution in [0.5, 0.6) is 0 Å². The highest BCUT2D eigenvalue weighted by Crippen LogP contribution is 2.18. The zero-order chi connectivity index (χ0) is 12.3. The van der Waals surface area contributed by atoms with Gasteiger partial charge in [-0.15, -0.1) is 11.6 Å². The van der Waals surface area contributed by atoms with E-state index in [2.05, 4.69) is 20.8 Å². The van der Waals surface area contributed by atoms with E-state index < -0.39 is 0 Å². The van der Waals surface area contributed by atoms with Crippen LogP contribution in [-0.4, -0.2) is 36.6 Å². The van der Waals surface area contributed by atoms with E-state index in [4.69, 9.17) is 16.3 Å². The van der Waals surface area contributed by atoms with Crippen LogP contribution in [0.15, 0.2) is 22.7 Å². The Labute approximate surface area is 114 Å².